The van der Waals surface area contributed by atoms with Crippen LogP contribution in [0, 0.1) is 0 Å². The zero-order valence-corrected chi connectivity index (χ0v) is 26.8. The minimum atomic E-state index is -2.50. The van der Waals surface area contributed by atoms with Gasteiger partial charge in [0.2, 0.25) is 0 Å². The molecule has 1 heterocycles. The maximum Gasteiger partial charge on any atom is 0.307 e. The summed E-state index contributed by atoms with van der Waals surface area (Å²) in [6, 6.07) is 0.739. The highest BCUT2D eigenvalue weighted by molar-refractivity contribution is 7.08. The van der Waals surface area contributed by atoms with Crippen LogP contribution in [-0.2, 0) is 0 Å². The van der Waals surface area contributed by atoms with E-state index in [1.165, 1.54) is 0 Å². The molecule has 0 amide bonds. The standard InChI is InChI=1S/C26H55N3OSi2/c1-21(2,3)31(22(4,5)6,23(7,8)9)29(20-27-19-28-30-20)32(24(10,11)12,25(13,14)15)26(16,17)18/h19H,1-18H3. The van der Waals surface area contributed by atoms with Gasteiger partial charge < -0.3 is 8.75 Å². The first-order valence-corrected chi connectivity index (χ1v) is 16.2. The van der Waals surface area contributed by atoms with Gasteiger partial charge in [-0.15, -0.1) is 0 Å². The Kier molecular flexibility index (Phi) is 7.32. The van der Waals surface area contributed by atoms with Crippen LogP contribution in [0.15, 0.2) is 10.9 Å². The van der Waals surface area contributed by atoms with Gasteiger partial charge in [0.25, 0.3) is 0 Å². The molecule has 1 aromatic heterocycles. The highest BCUT2D eigenvalue weighted by Crippen LogP contribution is 2.72. The Morgan fingerprint density at radius 3 is 0.938 bits per heavy atom. The van der Waals surface area contributed by atoms with Gasteiger partial charge in [0.15, 0.2) is 22.8 Å². The molecular formula is C26H55N3OSi2. The van der Waals surface area contributed by atoms with Gasteiger partial charge in [-0.05, 0) is 30.2 Å². The summed E-state index contributed by atoms with van der Waals surface area (Å²) in [5, 5.41) is 4.50. The molecule has 0 aliphatic rings. The van der Waals surface area contributed by atoms with E-state index in [4.69, 9.17) is 9.51 Å². The van der Waals surface area contributed by atoms with Gasteiger partial charge in [0.05, 0.1) is 0 Å². The molecule has 0 N–H and O–H groups in total. The average molecular weight is 482 g/mol. The van der Waals surface area contributed by atoms with E-state index in [-0.39, 0.29) is 30.2 Å². The Hall–Kier alpha value is -0.626. The van der Waals surface area contributed by atoms with Crippen molar-refractivity contribution in [3.63, 3.8) is 0 Å². The second kappa shape index (κ2) is 7.96. The fourth-order valence-electron chi connectivity index (χ4n) is 9.57. The monoisotopic (exact) mass is 481 g/mol. The van der Waals surface area contributed by atoms with E-state index in [1.807, 2.05) is 0 Å². The Bertz CT molecular complexity index is 637. The Morgan fingerprint density at radius 1 is 0.531 bits per heavy atom. The van der Waals surface area contributed by atoms with Gasteiger partial charge >= 0.3 is 6.01 Å². The molecule has 0 saturated heterocycles. The number of hydrogen-bond acceptors (Lipinski definition) is 4. The molecule has 1 aromatic rings. The van der Waals surface area contributed by atoms with Crippen molar-refractivity contribution in [3.8, 4) is 0 Å². The molecule has 32 heavy (non-hydrogen) atoms. The second-order valence-electron chi connectivity index (χ2n) is 16.0. The number of nitrogens with zero attached hydrogens (tertiary/aromatic N) is 3. The molecule has 0 fully saturated rings. The first kappa shape index (κ1) is 29.4. The third-order valence-electron chi connectivity index (χ3n) is 7.72. The van der Waals surface area contributed by atoms with Crippen LogP contribution < -0.4 is 4.23 Å². The lowest BCUT2D eigenvalue weighted by Crippen LogP contribution is -2.83. The maximum absolute atomic E-state index is 6.11. The zero-order chi connectivity index (χ0) is 26.0. The number of hydrogen-bond donors (Lipinski definition) is 0. The molecule has 0 aliphatic carbocycles. The maximum atomic E-state index is 6.11. The van der Waals surface area contributed by atoms with Crippen molar-refractivity contribution in [2.45, 2.75) is 155 Å². The molecule has 0 aromatic carbocycles. The first-order chi connectivity index (χ1) is 13.7. The molecular weight excluding hydrogens is 426 g/mol. The summed E-state index contributed by atoms with van der Waals surface area (Å²) in [6.45, 7) is 44.4. The van der Waals surface area contributed by atoms with Crippen molar-refractivity contribution >= 4 is 22.5 Å². The molecule has 0 aliphatic heterocycles. The second-order valence-corrected chi connectivity index (χ2v) is 29.2. The third-order valence-corrected chi connectivity index (χ3v) is 24.5. The summed E-state index contributed by atoms with van der Waals surface area (Å²) in [6.07, 6.45) is 1.60. The van der Waals surface area contributed by atoms with E-state index in [0.29, 0.717) is 0 Å². The average Bonchev–Trinajstić information content (AvgIpc) is 2.90. The summed E-state index contributed by atoms with van der Waals surface area (Å²) in [5.41, 5.74) is 0. The van der Waals surface area contributed by atoms with Gasteiger partial charge in [-0.2, -0.15) is 4.98 Å². The van der Waals surface area contributed by atoms with Gasteiger partial charge in [0, 0.05) is 0 Å². The van der Waals surface area contributed by atoms with E-state index in [0.717, 1.165) is 6.01 Å². The molecule has 188 valence electrons. The van der Waals surface area contributed by atoms with E-state index in [2.05, 4.69) is 134 Å². The molecule has 0 spiro atoms. The van der Waals surface area contributed by atoms with Crippen LogP contribution in [0.4, 0.5) is 6.01 Å². The Balaban J connectivity index is 4.65. The van der Waals surface area contributed by atoms with Crippen LogP contribution in [0.25, 0.3) is 0 Å². The van der Waals surface area contributed by atoms with Crippen LogP contribution in [0.5, 0.6) is 0 Å². The Morgan fingerprint density at radius 2 is 0.781 bits per heavy atom. The SMILES string of the molecule is CC(C)(C)[Si](N(c1ncno1)[Si](C(C)(C)C)(C(C)(C)C)C(C)(C)C)(C(C)(C)C)C(C)(C)C. The lowest BCUT2D eigenvalue weighted by molar-refractivity contribution is 0.413. The molecule has 0 unspecified atom stereocenters. The van der Waals surface area contributed by atoms with Crippen LogP contribution in [0.2, 0.25) is 30.2 Å². The summed E-state index contributed by atoms with van der Waals surface area (Å²) >= 11 is 0. The molecule has 6 heteroatoms. The highest BCUT2D eigenvalue weighted by atomic mass is 28.4. The largest absolute Gasteiger partial charge is 0.374 e. The van der Waals surface area contributed by atoms with Crippen LogP contribution in [0.1, 0.15) is 125 Å². The van der Waals surface area contributed by atoms with Gasteiger partial charge in [-0.25, -0.2) is 0 Å². The smallest absolute Gasteiger partial charge is 0.307 e. The molecule has 1 rings (SSSR count). The molecule has 4 nitrogen and oxygen atoms in total. The minimum Gasteiger partial charge on any atom is -0.374 e. The number of rotatable bonds is 3. The van der Waals surface area contributed by atoms with E-state index in [9.17, 15) is 0 Å². The van der Waals surface area contributed by atoms with E-state index in [1.54, 1.807) is 6.33 Å². The minimum absolute atomic E-state index is 0.0535. The fraction of sp³-hybridized carbons (Fsp3) is 0.923. The normalized spacial score (nSPS) is 15.8. The highest BCUT2D eigenvalue weighted by Gasteiger charge is 2.75. The van der Waals surface area contributed by atoms with Crippen molar-refractivity contribution in [2.75, 3.05) is 4.23 Å². The van der Waals surface area contributed by atoms with Crippen molar-refractivity contribution in [1.29, 1.82) is 0 Å². The molecule has 0 bridgehead atoms. The molecule has 0 atom stereocenters. The van der Waals surface area contributed by atoms with Gasteiger partial charge in [-0.1, -0.05) is 130 Å². The molecule has 0 radical (unpaired) electrons. The van der Waals surface area contributed by atoms with Crippen molar-refractivity contribution in [2.24, 2.45) is 0 Å². The van der Waals surface area contributed by atoms with Crippen molar-refractivity contribution in [1.82, 2.24) is 10.1 Å². The lowest BCUT2D eigenvalue weighted by Gasteiger charge is -2.74. The van der Waals surface area contributed by atoms with Crippen LogP contribution in [0.3, 0.4) is 0 Å². The van der Waals surface area contributed by atoms with Crippen LogP contribution >= 0.6 is 0 Å². The number of aromatic nitrogens is 2. The predicted molar refractivity (Wildman–Crippen MR) is 147 cm³/mol. The lowest BCUT2D eigenvalue weighted by atomic mass is 10.2. The molecule has 0 saturated carbocycles. The quantitative estimate of drug-likeness (QED) is 0.403. The topological polar surface area (TPSA) is 42.2 Å². The third kappa shape index (κ3) is 4.05. The summed E-state index contributed by atoms with van der Waals surface area (Å²) in [5.74, 6) is 0. The van der Waals surface area contributed by atoms with Gasteiger partial charge in [-0.3, -0.25) is 0 Å². The first-order valence-electron chi connectivity index (χ1n) is 12.3. The van der Waals surface area contributed by atoms with Crippen molar-refractivity contribution < 1.29 is 4.52 Å². The van der Waals surface area contributed by atoms with Gasteiger partial charge in [0.1, 0.15) is 0 Å². The summed E-state index contributed by atoms with van der Waals surface area (Å²) < 4.78 is 9.01. The fourth-order valence-corrected chi connectivity index (χ4v) is 35.9. The Labute approximate surface area is 202 Å². The number of anilines is 1. The predicted octanol–water partition coefficient (Wildman–Crippen LogP) is 9.57. The van der Waals surface area contributed by atoms with E-state index < -0.39 is 16.5 Å². The van der Waals surface area contributed by atoms with E-state index >= 15 is 0 Å². The summed E-state index contributed by atoms with van der Waals surface area (Å²) in [4.78, 5) is 4.85. The van der Waals surface area contributed by atoms with Crippen LogP contribution in [-0.4, -0.2) is 26.6 Å². The zero-order valence-electron chi connectivity index (χ0n) is 24.8. The summed E-state index contributed by atoms with van der Waals surface area (Å²) in [7, 11) is -5.00. The van der Waals surface area contributed by atoms with Crippen molar-refractivity contribution in [3.05, 3.63) is 6.33 Å².